The fourth-order valence-corrected chi connectivity index (χ4v) is 6.15. The van der Waals surface area contributed by atoms with Crippen LogP contribution in [0.2, 0.25) is 10.0 Å². The van der Waals surface area contributed by atoms with E-state index in [-0.39, 0.29) is 0 Å². The van der Waals surface area contributed by atoms with Gasteiger partial charge in [-0.1, -0.05) is 61.7 Å². The molecule has 0 aliphatic heterocycles. The zero-order valence-electron chi connectivity index (χ0n) is 17.7. The molecule has 0 amide bonds. The maximum atomic E-state index is 12.4. The Bertz CT molecular complexity index is 937. The van der Waals surface area contributed by atoms with Crippen LogP contribution in [0.3, 0.4) is 0 Å². The average Bonchev–Trinajstić information content (AvgIpc) is 2.75. The molecule has 0 aliphatic rings. The second-order valence-corrected chi connectivity index (χ2v) is 14.0. The van der Waals surface area contributed by atoms with Gasteiger partial charge in [0.15, 0.2) is 17.5 Å². The molecule has 0 N–H and O–H groups in total. The van der Waals surface area contributed by atoms with E-state index in [2.05, 4.69) is 0 Å². The molecule has 0 heterocycles. The molecule has 178 valence electrons. The Hall–Kier alpha value is -0.320. The number of hydrogen-bond donors (Lipinski definition) is 0. The number of hydrogen-bond acceptors (Lipinski definition) is 6. The number of rotatable bonds is 15. The van der Waals surface area contributed by atoms with E-state index in [9.17, 15) is 8.42 Å². The van der Waals surface area contributed by atoms with Crippen LogP contribution in [0.5, 0.6) is 0 Å². The minimum absolute atomic E-state index is 0.385. The Morgan fingerprint density at radius 3 is 1.16 bits per heavy atom. The van der Waals surface area contributed by atoms with E-state index >= 15 is 0 Å². The molecule has 32 heavy (non-hydrogen) atoms. The largest absolute Gasteiger partial charge is 0.286 e. The first-order valence-electron chi connectivity index (χ1n) is 10.5. The summed E-state index contributed by atoms with van der Waals surface area (Å²) in [6.45, 7) is 0.770. The molecule has 0 bridgehead atoms. The first-order valence-corrected chi connectivity index (χ1v) is 16.1. The van der Waals surface area contributed by atoms with Gasteiger partial charge in [0.05, 0.1) is 23.0 Å². The molecule has 2 aromatic rings. The van der Waals surface area contributed by atoms with Crippen molar-refractivity contribution in [3.8, 4) is 0 Å². The quantitative estimate of drug-likeness (QED) is 0.223. The van der Waals surface area contributed by atoms with Gasteiger partial charge in [-0.25, -0.2) is 8.42 Å². The fourth-order valence-electron chi connectivity index (χ4n) is 2.94. The molecule has 10 heteroatoms. The summed E-state index contributed by atoms with van der Waals surface area (Å²) >= 11 is 21.9. The first-order chi connectivity index (χ1) is 15.2. The van der Waals surface area contributed by atoms with Crippen LogP contribution in [0, 0.1) is 0 Å². The van der Waals surface area contributed by atoms with Gasteiger partial charge in [-0.05, 0) is 61.4 Å². The zero-order valence-corrected chi connectivity index (χ0v) is 22.5. The normalized spacial score (nSPS) is 15.2. The maximum absolute atomic E-state index is 12.4. The van der Waals surface area contributed by atoms with E-state index in [0.29, 0.717) is 33.0 Å². The minimum Gasteiger partial charge on any atom is -0.286 e. The monoisotopic (exact) mass is 554 g/mol. The summed E-state index contributed by atoms with van der Waals surface area (Å²) in [6.07, 6.45) is 8.11. The topological polar surface area (TPSA) is 52.6 Å². The van der Waals surface area contributed by atoms with Crippen molar-refractivity contribution in [2.75, 3.05) is 13.2 Å². The number of unbranched alkanes of at least 4 members (excludes halogenated alkanes) is 7. The summed E-state index contributed by atoms with van der Waals surface area (Å²) in [4.78, 5) is 0.974. The van der Waals surface area contributed by atoms with E-state index in [1.54, 1.807) is 48.5 Å². The van der Waals surface area contributed by atoms with Crippen LogP contribution in [-0.2, 0) is 48.3 Å². The molecule has 2 atom stereocenters. The van der Waals surface area contributed by atoms with Crippen molar-refractivity contribution >= 4 is 63.1 Å². The zero-order chi connectivity index (χ0) is 23.5. The molecular weight excluding hydrogens is 527 g/mol. The van der Waals surface area contributed by atoms with E-state index in [4.69, 9.17) is 53.9 Å². The summed E-state index contributed by atoms with van der Waals surface area (Å²) in [5.74, 6) is 0. The van der Waals surface area contributed by atoms with Gasteiger partial charge in [0.2, 0.25) is 0 Å². The van der Waals surface area contributed by atoms with Gasteiger partial charge in [-0.15, -0.1) is 0 Å². The maximum Gasteiger partial charge on any atom is 0.173 e. The average molecular weight is 556 g/mol. The smallest absolute Gasteiger partial charge is 0.173 e. The van der Waals surface area contributed by atoms with Gasteiger partial charge in [0, 0.05) is 32.4 Å². The lowest BCUT2D eigenvalue weighted by Gasteiger charge is -2.09. The van der Waals surface area contributed by atoms with Crippen molar-refractivity contribution in [3.05, 3.63) is 58.6 Å². The Morgan fingerprint density at radius 2 is 0.844 bits per heavy atom. The van der Waals surface area contributed by atoms with E-state index in [0.717, 1.165) is 51.4 Å². The van der Waals surface area contributed by atoms with E-state index in [1.807, 2.05) is 0 Å². The molecule has 0 spiro atoms. The summed E-state index contributed by atoms with van der Waals surface area (Å²) in [6, 6.07) is 13.2. The Labute approximate surface area is 211 Å². The Balaban J connectivity index is 1.47. The third-order valence-corrected chi connectivity index (χ3v) is 9.61. The summed E-state index contributed by atoms with van der Waals surface area (Å²) in [7, 11) is -5.78. The summed E-state index contributed by atoms with van der Waals surface area (Å²) < 4.78 is 35.7. The van der Waals surface area contributed by atoms with Crippen LogP contribution in [0.15, 0.2) is 58.3 Å². The van der Waals surface area contributed by atoms with Crippen molar-refractivity contribution in [2.45, 2.75) is 61.2 Å². The van der Waals surface area contributed by atoms with E-state index < -0.39 is 17.5 Å². The predicted octanol–water partition coefficient (Wildman–Crippen LogP) is 6.89. The molecule has 0 saturated heterocycles. The molecule has 4 nitrogen and oxygen atoms in total. The lowest BCUT2D eigenvalue weighted by molar-refractivity contribution is 0.326. The lowest BCUT2D eigenvalue weighted by Crippen LogP contribution is -2.06. The molecule has 0 saturated carbocycles. The highest BCUT2D eigenvalue weighted by Crippen LogP contribution is 2.19. The van der Waals surface area contributed by atoms with Crippen LogP contribution in [-0.4, -0.2) is 21.6 Å². The van der Waals surface area contributed by atoms with Crippen molar-refractivity contribution in [3.63, 3.8) is 0 Å². The predicted molar refractivity (Wildman–Crippen MR) is 139 cm³/mol. The SMILES string of the molecule is O=S(=S)(OCCCCCCCCCCOS(=O)(=S)c1ccc(Cl)cc1)c1ccc(Cl)cc1. The van der Waals surface area contributed by atoms with Gasteiger partial charge in [0.1, 0.15) is 0 Å². The highest BCUT2D eigenvalue weighted by Gasteiger charge is 2.11. The fraction of sp³-hybridized carbons (Fsp3) is 0.455. The molecule has 0 radical (unpaired) electrons. The highest BCUT2D eigenvalue weighted by molar-refractivity contribution is 8.30. The summed E-state index contributed by atoms with van der Waals surface area (Å²) in [5, 5.41) is 1.15. The minimum atomic E-state index is -2.89. The van der Waals surface area contributed by atoms with Crippen LogP contribution in [0.1, 0.15) is 51.4 Å². The standard InChI is InChI=1S/C22H28Cl2O4S4/c23-19-9-13-21(14-10-19)31(25,29)27-17-7-5-3-1-2-4-6-8-18-28-32(26,30)22-15-11-20(24)12-16-22/h9-16H,1-8,17-18H2. The van der Waals surface area contributed by atoms with Gasteiger partial charge in [-0.2, -0.15) is 0 Å². The third-order valence-electron chi connectivity index (χ3n) is 4.72. The molecule has 0 fully saturated rings. The van der Waals surface area contributed by atoms with Crippen LogP contribution < -0.4 is 0 Å². The Kier molecular flexibility index (Phi) is 12.4. The molecule has 0 aliphatic carbocycles. The molecule has 0 aromatic heterocycles. The van der Waals surface area contributed by atoms with Crippen molar-refractivity contribution in [2.24, 2.45) is 0 Å². The highest BCUT2D eigenvalue weighted by atomic mass is 35.5. The van der Waals surface area contributed by atoms with Gasteiger partial charge in [0.25, 0.3) is 0 Å². The van der Waals surface area contributed by atoms with Gasteiger partial charge >= 0.3 is 0 Å². The molecule has 2 unspecified atom stereocenters. The van der Waals surface area contributed by atoms with Crippen LogP contribution in [0.4, 0.5) is 0 Å². The summed E-state index contributed by atoms with van der Waals surface area (Å²) in [5.41, 5.74) is 0. The molecular formula is C22H28Cl2O4S4. The van der Waals surface area contributed by atoms with Gasteiger partial charge < -0.3 is 0 Å². The number of benzene rings is 2. The molecule has 2 aromatic carbocycles. The van der Waals surface area contributed by atoms with Gasteiger partial charge in [-0.3, -0.25) is 8.37 Å². The van der Waals surface area contributed by atoms with Crippen molar-refractivity contribution < 1.29 is 16.8 Å². The second-order valence-electron chi connectivity index (χ2n) is 7.29. The number of halogens is 2. The van der Waals surface area contributed by atoms with Crippen LogP contribution in [0.25, 0.3) is 0 Å². The van der Waals surface area contributed by atoms with E-state index in [1.165, 1.54) is 0 Å². The van der Waals surface area contributed by atoms with Crippen molar-refractivity contribution in [1.29, 1.82) is 0 Å². The Morgan fingerprint density at radius 1 is 0.562 bits per heavy atom. The first kappa shape index (κ1) is 27.9. The molecule has 2 rings (SSSR count). The second kappa shape index (κ2) is 14.2. The third kappa shape index (κ3) is 10.3. The lowest BCUT2D eigenvalue weighted by atomic mass is 10.1. The van der Waals surface area contributed by atoms with Crippen molar-refractivity contribution in [1.82, 2.24) is 0 Å². The van der Waals surface area contributed by atoms with Crippen LogP contribution >= 0.6 is 23.2 Å².